The molecule has 0 spiro atoms. The van der Waals surface area contributed by atoms with Gasteiger partial charge in [-0.05, 0) is 32.2 Å². The smallest absolute Gasteiger partial charge is 0.246 e. The normalized spacial score (nSPS) is 20.2. The molecule has 120 valence electrons. The molecular formula is C14H26N4O2S. The van der Waals surface area contributed by atoms with Gasteiger partial charge in [0.25, 0.3) is 0 Å². The van der Waals surface area contributed by atoms with Gasteiger partial charge < -0.3 is 5.32 Å². The first-order valence-electron chi connectivity index (χ1n) is 7.84. The number of aromatic nitrogens is 2. The van der Waals surface area contributed by atoms with Crippen LogP contribution in [0.2, 0.25) is 0 Å². The lowest BCUT2D eigenvalue weighted by molar-refractivity contribution is 0.379. The predicted molar refractivity (Wildman–Crippen MR) is 82.6 cm³/mol. The van der Waals surface area contributed by atoms with Gasteiger partial charge in [-0.15, -0.1) is 0 Å². The highest BCUT2D eigenvalue weighted by Crippen LogP contribution is 2.27. The van der Waals surface area contributed by atoms with E-state index in [1.54, 1.807) is 15.2 Å². The second-order valence-electron chi connectivity index (χ2n) is 5.51. The first-order chi connectivity index (χ1) is 10.1. The summed E-state index contributed by atoms with van der Waals surface area (Å²) in [4.78, 5) is 0.318. The van der Waals surface area contributed by atoms with Gasteiger partial charge in [-0.3, -0.25) is 4.68 Å². The minimum Gasteiger partial charge on any atom is -0.315 e. The molecule has 0 aromatic carbocycles. The fourth-order valence-electron chi connectivity index (χ4n) is 2.76. The van der Waals surface area contributed by atoms with Crippen LogP contribution in [0.5, 0.6) is 0 Å². The average molecular weight is 314 g/mol. The third-order valence-corrected chi connectivity index (χ3v) is 5.86. The molecule has 1 aliphatic rings. The topological polar surface area (TPSA) is 67.2 Å². The maximum atomic E-state index is 12.7. The van der Waals surface area contributed by atoms with Crippen molar-refractivity contribution in [2.45, 2.75) is 57.0 Å². The lowest BCUT2D eigenvalue weighted by Gasteiger charge is -2.21. The molecule has 1 N–H and O–H groups in total. The molecule has 21 heavy (non-hydrogen) atoms. The van der Waals surface area contributed by atoms with Crippen LogP contribution < -0.4 is 5.32 Å². The largest absolute Gasteiger partial charge is 0.315 e. The summed E-state index contributed by atoms with van der Waals surface area (Å²) < 4.78 is 28.6. The average Bonchev–Trinajstić information content (AvgIpc) is 3.12. The predicted octanol–water partition coefficient (Wildman–Crippen LogP) is 1.45. The number of nitrogens with one attached hydrogen (secondary N) is 1. The Kier molecular flexibility index (Phi) is 5.78. The molecule has 1 aliphatic heterocycles. The Morgan fingerprint density at radius 3 is 2.90 bits per heavy atom. The van der Waals surface area contributed by atoms with Crippen LogP contribution >= 0.6 is 0 Å². The number of sulfonamides is 1. The van der Waals surface area contributed by atoms with Gasteiger partial charge in [0.1, 0.15) is 4.90 Å². The highest BCUT2D eigenvalue weighted by Gasteiger charge is 2.34. The summed E-state index contributed by atoms with van der Waals surface area (Å²) in [6, 6.07) is 0.143. The maximum Gasteiger partial charge on any atom is 0.246 e. The molecule has 1 aromatic heterocycles. The Labute approximate surface area is 127 Å². The van der Waals surface area contributed by atoms with Crippen molar-refractivity contribution in [2.75, 3.05) is 19.6 Å². The molecule has 1 atom stereocenters. The zero-order valence-electron chi connectivity index (χ0n) is 13.0. The van der Waals surface area contributed by atoms with Crippen LogP contribution in [0, 0.1) is 0 Å². The van der Waals surface area contributed by atoms with Gasteiger partial charge in [0.05, 0.1) is 12.7 Å². The van der Waals surface area contributed by atoms with Crippen molar-refractivity contribution in [3.05, 3.63) is 12.4 Å². The van der Waals surface area contributed by atoms with Gasteiger partial charge in [0.2, 0.25) is 10.0 Å². The van der Waals surface area contributed by atoms with Crippen LogP contribution in [0.25, 0.3) is 0 Å². The van der Waals surface area contributed by atoms with E-state index in [0.29, 0.717) is 18.0 Å². The molecule has 2 rings (SSSR count). The summed E-state index contributed by atoms with van der Waals surface area (Å²) in [6.07, 6.45) is 6.99. The molecule has 0 amide bonds. The van der Waals surface area contributed by atoms with Crippen LogP contribution in [0.4, 0.5) is 0 Å². The second kappa shape index (κ2) is 7.38. The Bertz CT molecular complexity index is 541. The van der Waals surface area contributed by atoms with E-state index in [4.69, 9.17) is 0 Å². The van der Waals surface area contributed by atoms with Crippen LogP contribution in [-0.4, -0.2) is 48.2 Å². The number of nitrogens with zero attached hydrogens (tertiary/aromatic N) is 3. The van der Waals surface area contributed by atoms with E-state index >= 15 is 0 Å². The van der Waals surface area contributed by atoms with Gasteiger partial charge in [-0.2, -0.15) is 9.40 Å². The highest BCUT2D eigenvalue weighted by atomic mass is 32.2. The fraction of sp³-hybridized carbons (Fsp3) is 0.786. The van der Waals surface area contributed by atoms with Crippen molar-refractivity contribution in [3.8, 4) is 0 Å². The summed E-state index contributed by atoms with van der Waals surface area (Å²) in [6.45, 7) is 7.25. The van der Waals surface area contributed by atoms with E-state index in [2.05, 4.69) is 17.3 Å². The van der Waals surface area contributed by atoms with E-state index in [0.717, 1.165) is 38.8 Å². The minimum atomic E-state index is -3.38. The summed E-state index contributed by atoms with van der Waals surface area (Å²) >= 11 is 0. The van der Waals surface area contributed by atoms with Gasteiger partial charge in [0, 0.05) is 25.3 Å². The molecular weight excluding hydrogens is 288 g/mol. The summed E-state index contributed by atoms with van der Waals surface area (Å²) in [5.41, 5.74) is 0. The van der Waals surface area contributed by atoms with E-state index in [1.165, 1.54) is 6.20 Å². The Morgan fingerprint density at radius 1 is 1.38 bits per heavy atom. The van der Waals surface area contributed by atoms with E-state index in [1.807, 2.05) is 6.92 Å². The summed E-state index contributed by atoms with van der Waals surface area (Å²) in [7, 11) is -3.38. The third-order valence-electron chi connectivity index (χ3n) is 3.95. The molecule has 1 unspecified atom stereocenters. The minimum absolute atomic E-state index is 0.143. The monoisotopic (exact) mass is 314 g/mol. The van der Waals surface area contributed by atoms with Crippen molar-refractivity contribution < 1.29 is 8.42 Å². The summed E-state index contributed by atoms with van der Waals surface area (Å²) in [5, 5.41) is 7.46. The van der Waals surface area contributed by atoms with Crippen molar-refractivity contribution in [1.82, 2.24) is 19.4 Å². The Balaban J connectivity index is 2.02. The van der Waals surface area contributed by atoms with Crippen molar-refractivity contribution in [3.63, 3.8) is 0 Å². The third kappa shape index (κ3) is 3.84. The summed E-state index contributed by atoms with van der Waals surface area (Å²) in [5.74, 6) is 0. The molecule has 0 aliphatic carbocycles. The molecule has 6 nitrogen and oxygen atoms in total. The molecule has 0 bridgehead atoms. The lowest BCUT2D eigenvalue weighted by Crippen LogP contribution is -2.34. The molecule has 0 saturated carbocycles. The van der Waals surface area contributed by atoms with E-state index < -0.39 is 10.0 Å². The number of rotatable bonds is 8. The fourth-order valence-corrected chi connectivity index (χ4v) is 4.49. The van der Waals surface area contributed by atoms with Gasteiger partial charge >= 0.3 is 0 Å². The number of hydrogen-bond acceptors (Lipinski definition) is 4. The molecule has 1 saturated heterocycles. The van der Waals surface area contributed by atoms with Crippen LogP contribution in [0.3, 0.4) is 0 Å². The van der Waals surface area contributed by atoms with Crippen molar-refractivity contribution in [1.29, 1.82) is 0 Å². The zero-order chi connectivity index (χ0) is 15.3. The first kappa shape index (κ1) is 16.5. The second-order valence-corrected chi connectivity index (χ2v) is 7.40. The molecule has 0 radical (unpaired) electrons. The molecule has 7 heteroatoms. The van der Waals surface area contributed by atoms with Crippen LogP contribution in [0.15, 0.2) is 17.3 Å². The maximum absolute atomic E-state index is 12.7. The zero-order valence-corrected chi connectivity index (χ0v) is 13.8. The SMILES string of the molecule is CCCNCCn1cc(S(=O)(=O)N2CCCC2CC)cn1. The quantitative estimate of drug-likeness (QED) is 0.738. The Morgan fingerprint density at radius 2 is 2.19 bits per heavy atom. The molecule has 1 aromatic rings. The Hall–Kier alpha value is -0.920. The van der Waals surface area contributed by atoms with E-state index in [9.17, 15) is 8.42 Å². The van der Waals surface area contributed by atoms with E-state index in [-0.39, 0.29) is 6.04 Å². The standard InChI is InChI=1S/C14H26N4O2S/c1-3-7-15-8-10-17-12-14(11-16-17)21(19,20)18-9-5-6-13(18)4-2/h11-13,15H,3-10H2,1-2H3. The first-order valence-corrected chi connectivity index (χ1v) is 9.28. The highest BCUT2D eigenvalue weighted by molar-refractivity contribution is 7.89. The van der Waals surface area contributed by atoms with Gasteiger partial charge in [-0.1, -0.05) is 13.8 Å². The molecule has 2 heterocycles. The van der Waals surface area contributed by atoms with Crippen LogP contribution in [0.1, 0.15) is 39.5 Å². The lowest BCUT2D eigenvalue weighted by atomic mass is 10.2. The van der Waals surface area contributed by atoms with Crippen LogP contribution in [-0.2, 0) is 16.6 Å². The van der Waals surface area contributed by atoms with Crippen molar-refractivity contribution >= 4 is 10.0 Å². The number of hydrogen-bond donors (Lipinski definition) is 1. The molecule has 1 fully saturated rings. The van der Waals surface area contributed by atoms with Gasteiger partial charge in [-0.25, -0.2) is 8.42 Å². The van der Waals surface area contributed by atoms with Crippen molar-refractivity contribution in [2.24, 2.45) is 0 Å². The van der Waals surface area contributed by atoms with Gasteiger partial charge in [0.15, 0.2) is 0 Å².